The summed E-state index contributed by atoms with van der Waals surface area (Å²) in [6.07, 6.45) is 7.21. The van der Waals surface area contributed by atoms with E-state index in [1.807, 2.05) is 44.2 Å². The maximum Gasteiger partial charge on any atom is 0.283 e. The number of hydrazone groups is 1. The lowest BCUT2D eigenvalue weighted by molar-refractivity contribution is -0.114. The molecule has 1 aromatic heterocycles. The van der Waals surface area contributed by atoms with E-state index in [2.05, 4.69) is 21.6 Å². The number of fused-ring (bicyclic) bond motifs is 1. The molecule has 0 saturated heterocycles. The van der Waals surface area contributed by atoms with E-state index < -0.39 is 5.91 Å². The Morgan fingerprint density at radius 2 is 2.00 bits per heavy atom. The van der Waals surface area contributed by atoms with E-state index in [1.165, 1.54) is 29.6 Å². The van der Waals surface area contributed by atoms with Crippen LogP contribution < -0.4 is 4.74 Å². The number of amidine groups is 2. The summed E-state index contributed by atoms with van der Waals surface area (Å²) >= 11 is 1.40. The molecule has 4 rings (SSSR count). The molecule has 2 aliphatic heterocycles. The van der Waals surface area contributed by atoms with Crippen molar-refractivity contribution >= 4 is 39.8 Å². The van der Waals surface area contributed by atoms with Crippen LogP contribution in [-0.2, 0) is 4.79 Å². The molecule has 1 N–H and O–H groups in total. The molecule has 0 unspecified atom stereocenters. The lowest BCUT2D eigenvalue weighted by Crippen LogP contribution is -2.35. The van der Waals surface area contributed by atoms with Crippen LogP contribution in [0.4, 0.5) is 0 Å². The van der Waals surface area contributed by atoms with Crippen LogP contribution in [0.25, 0.3) is 11.8 Å². The van der Waals surface area contributed by atoms with E-state index in [9.17, 15) is 4.79 Å². The van der Waals surface area contributed by atoms with Crippen LogP contribution in [0.5, 0.6) is 5.75 Å². The Hall–Kier alpha value is -3.13. The second-order valence-electron chi connectivity index (χ2n) is 8.19. The van der Waals surface area contributed by atoms with Gasteiger partial charge >= 0.3 is 0 Å². The average molecular weight is 464 g/mol. The van der Waals surface area contributed by atoms with Crippen molar-refractivity contribution in [2.45, 2.75) is 52.9 Å². The van der Waals surface area contributed by atoms with Crippen LogP contribution in [0, 0.1) is 19.3 Å². The minimum atomic E-state index is -0.396. The Morgan fingerprint density at radius 1 is 1.18 bits per heavy atom. The van der Waals surface area contributed by atoms with Gasteiger partial charge in [-0.1, -0.05) is 32.3 Å². The number of carbonyl (C=O) groups excluding carboxylic acids is 1. The Balaban J connectivity index is 1.61. The molecule has 3 heterocycles. The predicted octanol–water partition coefficient (Wildman–Crippen LogP) is 5.69. The quantitative estimate of drug-likeness (QED) is 0.402. The smallest absolute Gasteiger partial charge is 0.283 e. The summed E-state index contributed by atoms with van der Waals surface area (Å²) in [4.78, 5) is 17.0. The first-order valence-electron chi connectivity index (χ1n) is 11.3. The molecule has 0 spiro atoms. The standard InChI is InChI=1S/C25H29N5O2S/c1-5-6-7-8-12-22-28-30-23(26)21(24(31)27-25(30)33-22)14-18-13-16(2)29(17(18)3)19-10-9-11-20(15-19)32-4/h9-11,13-15,26H,5-8,12H2,1-4H3/b21-14-,26-23?. The van der Waals surface area contributed by atoms with Gasteiger partial charge in [-0.3, -0.25) is 10.2 Å². The molecule has 1 amide bonds. The monoisotopic (exact) mass is 463 g/mol. The number of rotatable bonds is 8. The number of ether oxygens (including phenoxy) is 1. The summed E-state index contributed by atoms with van der Waals surface area (Å²) in [7, 11) is 1.65. The molecule has 1 aromatic carbocycles. The fourth-order valence-electron chi connectivity index (χ4n) is 4.07. The van der Waals surface area contributed by atoms with Gasteiger partial charge < -0.3 is 9.30 Å². The summed E-state index contributed by atoms with van der Waals surface area (Å²) in [5.74, 6) is 0.459. The van der Waals surface area contributed by atoms with E-state index in [1.54, 1.807) is 13.2 Å². The van der Waals surface area contributed by atoms with E-state index in [0.717, 1.165) is 52.7 Å². The molecule has 0 fully saturated rings. The SMILES string of the molecule is CCCCCCC1=NN2C(=N)/C(=C/c3cc(C)n(-c4cccc(OC)c4)c3C)C(=O)N=C2S1. The first kappa shape index (κ1) is 23.0. The van der Waals surface area contributed by atoms with Crippen LogP contribution in [0.15, 0.2) is 46.0 Å². The van der Waals surface area contributed by atoms with Crippen LogP contribution in [0.3, 0.4) is 0 Å². The molecule has 0 atom stereocenters. The van der Waals surface area contributed by atoms with E-state index in [-0.39, 0.29) is 11.4 Å². The number of aryl methyl sites for hydroxylation is 1. The summed E-state index contributed by atoms with van der Waals surface area (Å²) in [5.41, 5.74) is 4.10. The largest absolute Gasteiger partial charge is 0.497 e. The Morgan fingerprint density at radius 3 is 2.76 bits per heavy atom. The van der Waals surface area contributed by atoms with Crippen molar-refractivity contribution in [3.63, 3.8) is 0 Å². The van der Waals surface area contributed by atoms with Crippen molar-refractivity contribution in [2.24, 2.45) is 10.1 Å². The molecule has 33 heavy (non-hydrogen) atoms. The third kappa shape index (κ3) is 4.66. The molecule has 2 aromatic rings. The maximum atomic E-state index is 12.8. The molecule has 2 aliphatic rings. The van der Waals surface area contributed by atoms with E-state index in [0.29, 0.717) is 5.17 Å². The lowest BCUT2D eigenvalue weighted by atomic mass is 10.1. The number of nitrogens with zero attached hydrogens (tertiary/aromatic N) is 4. The Kier molecular flexibility index (Phi) is 6.83. The van der Waals surface area contributed by atoms with Gasteiger partial charge in [-0.2, -0.15) is 15.1 Å². The zero-order valence-corrected chi connectivity index (χ0v) is 20.3. The first-order valence-corrected chi connectivity index (χ1v) is 12.1. The minimum Gasteiger partial charge on any atom is -0.497 e. The topological polar surface area (TPSA) is 83.0 Å². The number of aromatic nitrogens is 1. The summed E-state index contributed by atoms with van der Waals surface area (Å²) < 4.78 is 7.48. The number of nitrogens with one attached hydrogen (secondary N) is 1. The Bertz CT molecular complexity index is 1190. The molecule has 0 bridgehead atoms. The van der Waals surface area contributed by atoms with Crippen LogP contribution in [-0.4, -0.2) is 38.6 Å². The fourth-order valence-corrected chi connectivity index (χ4v) is 5.00. The fraction of sp³-hybridized carbons (Fsp3) is 0.360. The van der Waals surface area contributed by atoms with Crippen LogP contribution >= 0.6 is 11.8 Å². The summed E-state index contributed by atoms with van der Waals surface area (Å²) in [6.45, 7) is 6.21. The second-order valence-corrected chi connectivity index (χ2v) is 9.23. The van der Waals surface area contributed by atoms with Gasteiger partial charge in [0.2, 0.25) is 5.17 Å². The molecule has 172 valence electrons. The van der Waals surface area contributed by atoms with Crippen molar-refractivity contribution in [2.75, 3.05) is 7.11 Å². The van der Waals surface area contributed by atoms with Gasteiger partial charge in [0, 0.05) is 23.1 Å². The molecule has 8 heteroatoms. The highest BCUT2D eigenvalue weighted by Crippen LogP contribution is 2.31. The number of hydrogen-bond acceptors (Lipinski definition) is 5. The number of methoxy groups -OCH3 is 1. The molecule has 0 saturated carbocycles. The number of carbonyl (C=O) groups is 1. The van der Waals surface area contributed by atoms with Crippen molar-refractivity contribution in [1.82, 2.24) is 9.58 Å². The molecule has 0 aliphatic carbocycles. The van der Waals surface area contributed by atoms with Gasteiger partial charge in [-0.15, -0.1) is 0 Å². The predicted molar refractivity (Wildman–Crippen MR) is 136 cm³/mol. The molecule has 0 radical (unpaired) electrons. The highest BCUT2D eigenvalue weighted by molar-refractivity contribution is 8.26. The van der Waals surface area contributed by atoms with E-state index in [4.69, 9.17) is 10.1 Å². The third-order valence-corrected chi connectivity index (χ3v) is 6.79. The van der Waals surface area contributed by atoms with Crippen molar-refractivity contribution in [3.8, 4) is 11.4 Å². The van der Waals surface area contributed by atoms with E-state index >= 15 is 0 Å². The van der Waals surface area contributed by atoms with Gasteiger partial charge in [-0.05, 0) is 68.3 Å². The zero-order valence-electron chi connectivity index (χ0n) is 19.5. The first-order chi connectivity index (χ1) is 15.9. The zero-order chi connectivity index (χ0) is 23.5. The van der Waals surface area contributed by atoms with Crippen molar-refractivity contribution in [3.05, 3.63) is 52.9 Å². The molecular formula is C25H29N5O2S. The minimum absolute atomic E-state index is 0.0761. The second kappa shape index (κ2) is 9.79. The van der Waals surface area contributed by atoms with Gasteiger partial charge in [0.25, 0.3) is 5.91 Å². The summed E-state index contributed by atoms with van der Waals surface area (Å²) in [6, 6.07) is 9.86. The maximum absolute atomic E-state index is 12.8. The number of aliphatic imine (C=N–C) groups is 1. The van der Waals surface area contributed by atoms with Crippen LogP contribution in [0.2, 0.25) is 0 Å². The molecular weight excluding hydrogens is 434 g/mol. The van der Waals surface area contributed by atoms with Gasteiger partial charge in [0.1, 0.15) is 10.8 Å². The summed E-state index contributed by atoms with van der Waals surface area (Å²) in [5, 5.41) is 16.1. The average Bonchev–Trinajstić information content (AvgIpc) is 3.34. The number of unbranched alkanes of at least 4 members (excludes halogenated alkanes) is 3. The van der Waals surface area contributed by atoms with Crippen molar-refractivity contribution < 1.29 is 9.53 Å². The highest BCUT2D eigenvalue weighted by atomic mass is 32.2. The van der Waals surface area contributed by atoms with Gasteiger partial charge in [0.05, 0.1) is 12.7 Å². The Labute approximate surface area is 198 Å². The molecule has 7 nitrogen and oxygen atoms in total. The highest BCUT2D eigenvalue weighted by Gasteiger charge is 2.35. The number of amides is 1. The number of benzene rings is 1. The normalized spacial score (nSPS) is 16.8. The number of thioether (sulfide) groups is 1. The van der Waals surface area contributed by atoms with Gasteiger partial charge in [0.15, 0.2) is 5.84 Å². The van der Waals surface area contributed by atoms with Crippen molar-refractivity contribution in [1.29, 1.82) is 5.41 Å². The third-order valence-electron chi connectivity index (χ3n) is 5.82. The van der Waals surface area contributed by atoms with Gasteiger partial charge in [-0.25, -0.2) is 0 Å². The van der Waals surface area contributed by atoms with Crippen LogP contribution in [0.1, 0.15) is 56.0 Å². The number of hydrogen-bond donors (Lipinski definition) is 1. The lowest BCUT2D eigenvalue weighted by Gasteiger charge is -2.20.